The minimum absolute atomic E-state index is 0.150. The van der Waals surface area contributed by atoms with Crippen molar-refractivity contribution in [2.24, 2.45) is 0 Å². The fraction of sp³-hybridized carbons (Fsp3) is 0.160. The van der Waals surface area contributed by atoms with Gasteiger partial charge in [-0.05, 0) is 42.0 Å². The Labute approximate surface area is 187 Å². The lowest BCUT2D eigenvalue weighted by Gasteiger charge is -2.24. The third-order valence-corrected chi connectivity index (χ3v) is 6.28. The maximum Gasteiger partial charge on any atom is 0.519 e. The molecule has 1 amide bonds. The van der Waals surface area contributed by atoms with Crippen LogP contribution in [0.25, 0.3) is 11.2 Å². The van der Waals surface area contributed by atoms with E-state index < -0.39 is 11.2 Å². The quantitative estimate of drug-likeness (QED) is 0.521. The number of para-hydroxylation sites is 1. The average molecular weight is 439 g/mol. The lowest BCUT2D eigenvalue weighted by molar-refractivity contribution is -0.115. The average Bonchev–Trinajstić information content (AvgIpc) is 3.46. The Kier molecular flexibility index (Phi) is 4.07. The predicted molar refractivity (Wildman–Crippen MR) is 119 cm³/mol. The standard InChI is InChI=1S/C25H17N3O5/c26-11-15-5-7-16(8-6-15)27-23(29)12-28-13-25(17-3-1-2-4-19(17)28)14-31-20-10-22-21(9-18(20)25)32-24(30)33-22/h1-10H,12-14H2,(H,27,29). The molecule has 162 valence electrons. The van der Waals surface area contributed by atoms with Crippen LogP contribution in [0.4, 0.5) is 11.4 Å². The number of ether oxygens (including phenoxy) is 1. The van der Waals surface area contributed by atoms with E-state index in [9.17, 15) is 9.59 Å². The summed E-state index contributed by atoms with van der Waals surface area (Å²) in [5.41, 5.74) is 4.31. The summed E-state index contributed by atoms with van der Waals surface area (Å²) in [5, 5.41) is 11.8. The Morgan fingerprint density at radius 3 is 2.61 bits per heavy atom. The van der Waals surface area contributed by atoms with Gasteiger partial charge in [0.05, 0.1) is 23.6 Å². The second-order valence-corrected chi connectivity index (χ2v) is 8.23. The zero-order chi connectivity index (χ0) is 22.6. The summed E-state index contributed by atoms with van der Waals surface area (Å²) in [4.78, 5) is 26.4. The maximum atomic E-state index is 12.8. The molecule has 0 fully saturated rings. The third-order valence-electron chi connectivity index (χ3n) is 6.28. The lowest BCUT2D eigenvalue weighted by atomic mass is 9.78. The van der Waals surface area contributed by atoms with Gasteiger partial charge in [0.2, 0.25) is 5.91 Å². The number of nitrogens with zero attached hydrogens (tertiary/aromatic N) is 2. The Morgan fingerprint density at radius 1 is 1.06 bits per heavy atom. The molecule has 1 aromatic heterocycles. The summed E-state index contributed by atoms with van der Waals surface area (Å²) in [7, 11) is 0. The molecule has 2 aliphatic rings. The molecule has 3 heterocycles. The number of hydrogen-bond donors (Lipinski definition) is 1. The molecule has 0 bridgehead atoms. The van der Waals surface area contributed by atoms with Crippen LogP contribution in [0.3, 0.4) is 0 Å². The van der Waals surface area contributed by atoms with Crippen LogP contribution in [0.5, 0.6) is 5.75 Å². The highest BCUT2D eigenvalue weighted by Gasteiger charge is 2.50. The molecule has 8 nitrogen and oxygen atoms in total. The predicted octanol–water partition coefficient (Wildman–Crippen LogP) is 3.39. The van der Waals surface area contributed by atoms with Gasteiger partial charge in [-0.2, -0.15) is 5.26 Å². The molecular weight excluding hydrogens is 422 g/mol. The van der Waals surface area contributed by atoms with Crippen molar-refractivity contribution >= 4 is 28.4 Å². The van der Waals surface area contributed by atoms with Crippen LogP contribution < -0.4 is 20.8 Å². The Morgan fingerprint density at radius 2 is 1.82 bits per heavy atom. The van der Waals surface area contributed by atoms with Crippen LogP contribution in [0.1, 0.15) is 16.7 Å². The van der Waals surface area contributed by atoms with Gasteiger partial charge in [-0.15, -0.1) is 0 Å². The van der Waals surface area contributed by atoms with Gasteiger partial charge in [0.25, 0.3) is 0 Å². The maximum absolute atomic E-state index is 12.8. The topological polar surface area (TPSA) is 109 Å². The van der Waals surface area contributed by atoms with Gasteiger partial charge in [0.1, 0.15) is 12.4 Å². The monoisotopic (exact) mass is 439 g/mol. The second-order valence-electron chi connectivity index (χ2n) is 8.23. The molecule has 2 aliphatic heterocycles. The number of carbonyl (C=O) groups is 1. The Hall–Kier alpha value is -4.51. The fourth-order valence-electron chi connectivity index (χ4n) is 4.82. The van der Waals surface area contributed by atoms with Gasteiger partial charge < -0.3 is 23.8 Å². The molecule has 8 heteroatoms. The molecule has 1 spiro atoms. The van der Waals surface area contributed by atoms with Gasteiger partial charge >= 0.3 is 5.82 Å². The summed E-state index contributed by atoms with van der Waals surface area (Å²) in [6.07, 6.45) is 0. The van der Waals surface area contributed by atoms with Crippen molar-refractivity contribution in [3.05, 3.63) is 88.0 Å². The van der Waals surface area contributed by atoms with Crippen LogP contribution in [0.2, 0.25) is 0 Å². The minimum Gasteiger partial charge on any atom is -0.492 e. The number of rotatable bonds is 3. The Bertz CT molecular complexity index is 1510. The SMILES string of the molecule is N#Cc1ccc(NC(=O)CN2CC3(COc4cc5oc(=O)oc5cc43)c3ccccc32)cc1. The molecule has 4 aromatic rings. The van der Waals surface area contributed by atoms with E-state index in [0.29, 0.717) is 41.3 Å². The van der Waals surface area contributed by atoms with Gasteiger partial charge in [0, 0.05) is 29.5 Å². The molecule has 3 aromatic carbocycles. The van der Waals surface area contributed by atoms with Crippen LogP contribution in [-0.2, 0) is 10.2 Å². The summed E-state index contributed by atoms with van der Waals surface area (Å²) in [6, 6.07) is 20.3. The molecule has 33 heavy (non-hydrogen) atoms. The van der Waals surface area contributed by atoms with Crippen LogP contribution in [0, 0.1) is 11.3 Å². The molecule has 0 saturated heterocycles. The van der Waals surface area contributed by atoms with Crippen molar-refractivity contribution in [2.45, 2.75) is 5.41 Å². The smallest absolute Gasteiger partial charge is 0.492 e. The minimum atomic E-state index is -0.754. The summed E-state index contributed by atoms with van der Waals surface area (Å²) in [5.74, 6) is -0.275. The van der Waals surface area contributed by atoms with E-state index >= 15 is 0 Å². The summed E-state index contributed by atoms with van der Waals surface area (Å²) >= 11 is 0. The van der Waals surface area contributed by atoms with Crippen LogP contribution >= 0.6 is 0 Å². The highest BCUT2D eigenvalue weighted by atomic mass is 16.6. The highest BCUT2D eigenvalue weighted by Crippen LogP contribution is 2.52. The molecule has 0 aliphatic carbocycles. The summed E-state index contributed by atoms with van der Waals surface area (Å²) in [6.45, 7) is 1.09. The third kappa shape index (κ3) is 2.97. The number of nitrogens with one attached hydrogen (secondary N) is 1. The zero-order valence-corrected chi connectivity index (χ0v) is 17.3. The van der Waals surface area contributed by atoms with E-state index in [2.05, 4.69) is 11.4 Å². The van der Waals surface area contributed by atoms with Crippen molar-refractivity contribution in [1.29, 1.82) is 5.26 Å². The summed E-state index contributed by atoms with van der Waals surface area (Å²) < 4.78 is 16.3. The van der Waals surface area contributed by atoms with Gasteiger partial charge in [-0.3, -0.25) is 4.79 Å². The van der Waals surface area contributed by atoms with Gasteiger partial charge in [-0.25, -0.2) is 4.79 Å². The fourth-order valence-corrected chi connectivity index (χ4v) is 4.82. The lowest BCUT2D eigenvalue weighted by Crippen LogP contribution is -2.39. The largest absolute Gasteiger partial charge is 0.519 e. The van der Waals surface area contributed by atoms with Gasteiger partial charge in [-0.1, -0.05) is 18.2 Å². The molecule has 0 radical (unpaired) electrons. The number of amides is 1. The normalized spacial score (nSPS) is 18.1. The second kappa shape index (κ2) is 7.00. The number of anilines is 2. The van der Waals surface area contributed by atoms with E-state index in [1.807, 2.05) is 29.2 Å². The Balaban J connectivity index is 1.32. The van der Waals surface area contributed by atoms with E-state index in [-0.39, 0.29) is 12.5 Å². The van der Waals surface area contributed by atoms with Crippen molar-refractivity contribution in [3.8, 4) is 11.8 Å². The molecule has 1 N–H and O–H groups in total. The zero-order valence-electron chi connectivity index (χ0n) is 17.3. The molecule has 1 atom stereocenters. The molecule has 1 unspecified atom stereocenters. The van der Waals surface area contributed by atoms with Crippen LogP contribution in [-0.4, -0.2) is 25.6 Å². The van der Waals surface area contributed by atoms with Crippen LogP contribution in [0.15, 0.2) is 74.3 Å². The van der Waals surface area contributed by atoms with Crippen molar-refractivity contribution in [3.63, 3.8) is 0 Å². The number of fused-ring (bicyclic) bond motifs is 5. The molecule has 6 rings (SSSR count). The number of nitriles is 1. The van der Waals surface area contributed by atoms with E-state index in [4.69, 9.17) is 18.8 Å². The first-order valence-corrected chi connectivity index (χ1v) is 10.4. The van der Waals surface area contributed by atoms with Crippen molar-refractivity contribution in [1.82, 2.24) is 0 Å². The molecular formula is C25H17N3O5. The highest BCUT2D eigenvalue weighted by molar-refractivity contribution is 5.95. The first-order valence-electron chi connectivity index (χ1n) is 10.4. The number of hydrogen-bond acceptors (Lipinski definition) is 7. The van der Waals surface area contributed by atoms with Gasteiger partial charge in [0.15, 0.2) is 11.2 Å². The first-order chi connectivity index (χ1) is 16.1. The van der Waals surface area contributed by atoms with Crippen molar-refractivity contribution in [2.75, 3.05) is 29.9 Å². The number of carbonyl (C=O) groups excluding carboxylic acids is 1. The first kappa shape index (κ1) is 19.2. The van der Waals surface area contributed by atoms with E-state index in [1.54, 1.807) is 36.4 Å². The van der Waals surface area contributed by atoms with E-state index in [1.165, 1.54) is 0 Å². The van der Waals surface area contributed by atoms with Crippen molar-refractivity contribution < 1.29 is 18.4 Å². The molecule has 0 saturated carbocycles. The van der Waals surface area contributed by atoms with E-state index in [0.717, 1.165) is 16.8 Å². The number of benzene rings is 3.